The average molecular weight is 736 g/mol. The monoisotopic (exact) mass is 735 g/mol. The Bertz CT molecular complexity index is 1760. The number of nitrogen functional groups attached to an aromatic ring is 1. The number of carbonyl (C=O) groups is 4. The molecule has 2 aliphatic heterocycles. The highest BCUT2D eigenvalue weighted by Crippen LogP contribution is 2.33. The molecule has 52 heavy (non-hydrogen) atoms. The Morgan fingerprint density at radius 2 is 1.48 bits per heavy atom. The van der Waals surface area contributed by atoms with Crippen LogP contribution in [0.1, 0.15) is 75.8 Å². The van der Waals surface area contributed by atoms with Crippen LogP contribution in [0.5, 0.6) is 0 Å². The summed E-state index contributed by atoms with van der Waals surface area (Å²) in [6, 6.07) is 11.2. The van der Waals surface area contributed by atoms with E-state index in [1.54, 1.807) is 30.6 Å². The fraction of sp³-hybridized carbons (Fsp3) is 0.553. The van der Waals surface area contributed by atoms with Crippen molar-refractivity contribution in [1.82, 2.24) is 25.0 Å². The summed E-state index contributed by atoms with van der Waals surface area (Å²) in [5, 5.41) is 3.81. The predicted molar refractivity (Wildman–Crippen MR) is 204 cm³/mol. The van der Waals surface area contributed by atoms with Crippen molar-refractivity contribution in [2.45, 2.75) is 85.0 Å². The highest BCUT2D eigenvalue weighted by molar-refractivity contribution is 7.21. The number of benzene rings is 1. The van der Waals surface area contributed by atoms with Gasteiger partial charge >= 0.3 is 12.2 Å². The molecule has 4 amide bonds. The molecule has 1 aromatic carbocycles. The van der Waals surface area contributed by atoms with E-state index in [0.717, 1.165) is 40.0 Å². The van der Waals surface area contributed by atoms with E-state index in [1.165, 1.54) is 16.2 Å². The molecule has 2 aliphatic rings. The minimum Gasteiger partial charge on any atom is -0.444 e. The normalized spacial score (nSPS) is 16.9. The molecule has 0 unspecified atom stereocenters. The molecule has 2 aromatic heterocycles. The molecule has 14 heteroatoms. The van der Waals surface area contributed by atoms with Crippen molar-refractivity contribution in [3.05, 3.63) is 52.5 Å². The molecular weight excluding hydrogens is 683 g/mol. The Labute approximate surface area is 310 Å². The van der Waals surface area contributed by atoms with Crippen LogP contribution in [0, 0.1) is 0 Å². The molecule has 0 spiro atoms. The number of amides is 4. The number of anilines is 2. The van der Waals surface area contributed by atoms with Gasteiger partial charge in [-0.25, -0.2) is 14.6 Å². The molecule has 0 bridgehead atoms. The van der Waals surface area contributed by atoms with Crippen molar-refractivity contribution < 1.29 is 28.7 Å². The topological polar surface area (TPSA) is 151 Å². The highest BCUT2D eigenvalue weighted by atomic mass is 32.1. The molecule has 3 N–H and O–H groups in total. The number of aryl methyl sites for hydroxylation is 1. The van der Waals surface area contributed by atoms with Gasteiger partial charge in [0.1, 0.15) is 27.0 Å². The zero-order valence-electron chi connectivity index (χ0n) is 31.5. The van der Waals surface area contributed by atoms with Crippen LogP contribution in [0.3, 0.4) is 0 Å². The van der Waals surface area contributed by atoms with Crippen molar-refractivity contribution in [2.75, 3.05) is 63.0 Å². The minimum absolute atomic E-state index is 0.178. The van der Waals surface area contributed by atoms with Gasteiger partial charge < -0.3 is 35.2 Å². The summed E-state index contributed by atoms with van der Waals surface area (Å²) in [4.78, 5) is 65.9. The van der Waals surface area contributed by atoms with E-state index in [1.807, 2.05) is 57.2 Å². The molecule has 13 nitrogen and oxygen atoms in total. The molecule has 5 rings (SSSR count). The average Bonchev–Trinajstić information content (AvgIpc) is 3.42. The number of nitrogens with one attached hydrogen (secondary N) is 1. The van der Waals surface area contributed by atoms with Gasteiger partial charge in [-0.3, -0.25) is 14.5 Å². The standard InChI is InChI=1S/C38H53N7O6S/c1-8-9-26-12-15-28-30(39)31(52-33(28)41-26)32(46)40-17-16-25-10-13-27(14-11-25)44-22-23-45(36(49)51-38(5,6)7)29(24-44)34(47)42-18-20-43(21-19-42)35(48)50-37(2,3)4/h10-15,29H,8-9,16-24,39H2,1-7H3,(H,40,46)/t29-/m1/s1. The molecule has 282 valence electrons. The lowest BCUT2D eigenvalue weighted by molar-refractivity contribution is -0.139. The fourth-order valence-corrected chi connectivity index (χ4v) is 7.32. The zero-order valence-corrected chi connectivity index (χ0v) is 32.3. The summed E-state index contributed by atoms with van der Waals surface area (Å²) in [5.74, 6) is -0.387. The summed E-state index contributed by atoms with van der Waals surface area (Å²) in [6.07, 6.45) is 1.58. The third-order valence-corrected chi connectivity index (χ3v) is 10.0. The first kappa shape index (κ1) is 38.6. The van der Waals surface area contributed by atoms with Crippen LogP contribution in [-0.2, 0) is 27.1 Å². The number of ether oxygens (including phenoxy) is 2. The number of fused-ring (bicyclic) bond motifs is 1. The quantitative estimate of drug-likeness (QED) is 0.314. The number of rotatable bonds is 8. The van der Waals surface area contributed by atoms with Gasteiger partial charge in [0.25, 0.3) is 5.91 Å². The number of nitrogens with zero attached hydrogens (tertiary/aromatic N) is 5. The van der Waals surface area contributed by atoms with Gasteiger partial charge in [-0.1, -0.05) is 25.5 Å². The van der Waals surface area contributed by atoms with Crippen molar-refractivity contribution in [3.8, 4) is 0 Å². The largest absolute Gasteiger partial charge is 0.444 e. The number of thiophene rings is 1. The van der Waals surface area contributed by atoms with E-state index in [9.17, 15) is 19.2 Å². The van der Waals surface area contributed by atoms with E-state index in [0.29, 0.717) is 69.3 Å². The minimum atomic E-state index is -0.763. The molecule has 0 aliphatic carbocycles. The smallest absolute Gasteiger partial charge is 0.411 e. The lowest BCUT2D eigenvalue weighted by atomic mass is 10.1. The molecule has 0 radical (unpaired) electrons. The van der Waals surface area contributed by atoms with Crippen LogP contribution < -0.4 is 16.0 Å². The maximum atomic E-state index is 14.0. The van der Waals surface area contributed by atoms with E-state index in [2.05, 4.69) is 22.1 Å². The van der Waals surface area contributed by atoms with Gasteiger partial charge in [-0.15, -0.1) is 11.3 Å². The van der Waals surface area contributed by atoms with E-state index in [-0.39, 0.29) is 11.8 Å². The first-order valence-corrected chi connectivity index (χ1v) is 18.9. The predicted octanol–water partition coefficient (Wildman–Crippen LogP) is 5.31. The van der Waals surface area contributed by atoms with Crippen LogP contribution in [0.4, 0.5) is 21.0 Å². The fourth-order valence-electron chi connectivity index (χ4n) is 6.29. The Balaban J connectivity index is 1.20. The lowest BCUT2D eigenvalue weighted by Crippen LogP contribution is -2.63. The first-order chi connectivity index (χ1) is 24.5. The summed E-state index contributed by atoms with van der Waals surface area (Å²) in [6.45, 7) is 15.9. The molecule has 2 fully saturated rings. The van der Waals surface area contributed by atoms with Crippen LogP contribution in [0.25, 0.3) is 10.2 Å². The second-order valence-corrected chi connectivity index (χ2v) is 16.3. The van der Waals surface area contributed by atoms with E-state index < -0.39 is 29.4 Å². The highest BCUT2D eigenvalue weighted by Gasteiger charge is 2.41. The SMILES string of the molecule is CCCc1ccc2c(N)c(C(=O)NCCc3ccc(N4CCN(C(=O)OC(C)(C)C)[C@@H](C(=O)N5CCN(C(=O)OC(C)(C)C)CC5)C4)cc3)sc2n1. The zero-order chi connectivity index (χ0) is 37.8. The van der Waals surface area contributed by atoms with Gasteiger partial charge in [0.15, 0.2) is 0 Å². The Morgan fingerprint density at radius 1 is 0.846 bits per heavy atom. The second kappa shape index (κ2) is 16.0. The maximum Gasteiger partial charge on any atom is 0.411 e. The number of hydrogen-bond acceptors (Lipinski definition) is 10. The molecule has 2 saturated heterocycles. The number of pyridine rings is 1. The van der Waals surface area contributed by atoms with Crippen molar-refractivity contribution >= 4 is 56.9 Å². The number of carbonyl (C=O) groups excluding carboxylic acids is 4. The molecule has 4 heterocycles. The Morgan fingerprint density at radius 3 is 2.12 bits per heavy atom. The number of piperazine rings is 2. The summed E-state index contributed by atoms with van der Waals surface area (Å²) in [7, 11) is 0. The Hall–Kier alpha value is -4.59. The van der Waals surface area contributed by atoms with E-state index in [4.69, 9.17) is 15.2 Å². The molecular formula is C38H53N7O6S. The lowest BCUT2D eigenvalue weighted by Gasteiger charge is -2.44. The molecule has 0 saturated carbocycles. The third kappa shape index (κ3) is 9.64. The van der Waals surface area contributed by atoms with Gasteiger partial charge in [0.05, 0.1) is 5.69 Å². The van der Waals surface area contributed by atoms with Crippen molar-refractivity contribution in [1.29, 1.82) is 0 Å². The summed E-state index contributed by atoms with van der Waals surface area (Å²) < 4.78 is 11.2. The van der Waals surface area contributed by atoms with Gasteiger partial charge in [-0.05, 0) is 84.2 Å². The number of nitrogens with two attached hydrogens (primary N) is 1. The van der Waals surface area contributed by atoms with Crippen LogP contribution in [-0.4, -0.2) is 113 Å². The third-order valence-electron chi connectivity index (χ3n) is 8.90. The first-order valence-electron chi connectivity index (χ1n) is 18.1. The van der Waals surface area contributed by atoms with Crippen molar-refractivity contribution in [2.24, 2.45) is 0 Å². The van der Waals surface area contributed by atoms with E-state index >= 15 is 0 Å². The number of hydrogen-bond donors (Lipinski definition) is 2. The summed E-state index contributed by atoms with van der Waals surface area (Å²) >= 11 is 1.32. The van der Waals surface area contributed by atoms with Gasteiger partial charge in [0.2, 0.25) is 5.91 Å². The second-order valence-electron chi connectivity index (χ2n) is 15.4. The maximum absolute atomic E-state index is 14.0. The molecule has 1 atom stereocenters. The van der Waals surface area contributed by atoms with Crippen LogP contribution in [0.2, 0.25) is 0 Å². The van der Waals surface area contributed by atoms with Crippen molar-refractivity contribution in [3.63, 3.8) is 0 Å². The van der Waals surface area contributed by atoms with Gasteiger partial charge in [-0.2, -0.15) is 0 Å². The number of aromatic nitrogens is 1. The molecule has 3 aromatic rings. The Kier molecular flexibility index (Phi) is 11.9. The summed E-state index contributed by atoms with van der Waals surface area (Å²) in [5.41, 5.74) is 8.43. The van der Waals surface area contributed by atoms with Crippen LogP contribution >= 0.6 is 11.3 Å². The van der Waals surface area contributed by atoms with Crippen LogP contribution in [0.15, 0.2) is 36.4 Å². The van der Waals surface area contributed by atoms with Gasteiger partial charge in [0, 0.05) is 69.1 Å².